The first kappa shape index (κ1) is 21.8. The summed E-state index contributed by atoms with van der Waals surface area (Å²) in [7, 11) is -2.54. The van der Waals surface area contributed by atoms with E-state index in [1.165, 1.54) is 24.3 Å². The highest BCUT2D eigenvalue weighted by atomic mass is 32.2. The Balaban J connectivity index is 1.84. The number of anilines is 1. The van der Waals surface area contributed by atoms with Gasteiger partial charge in [0.1, 0.15) is 22.3 Å². The maximum atomic E-state index is 14.4. The maximum Gasteiger partial charge on any atom is 0.274 e. The molecule has 0 radical (unpaired) electrons. The first-order valence-electron chi connectivity index (χ1n) is 9.07. The van der Waals surface area contributed by atoms with E-state index in [1.807, 2.05) is 0 Å². The molecule has 0 spiro atoms. The summed E-state index contributed by atoms with van der Waals surface area (Å²) < 4.78 is 46.5. The topological polar surface area (TPSA) is 75.7 Å². The Kier molecular flexibility index (Phi) is 6.73. The van der Waals surface area contributed by atoms with Crippen LogP contribution in [0.15, 0.2) is 70.3 Å². The molecule has 6 nitrogen and oxygen atoms in total. The fraction of sp³-hybridized carbons (Fsp3) is 0.190. The number of nitrogens with zero attached hydrogens (tertiary/aromatic N) is 1. The van der Waals surface area contributed by atoms with Crippen LogP contribution >= 0.6 is 11.3 Å². The number of hydrogen-bond acceptors (Lipinski definition) is 5. The number of carbonyl (C=O) groups is 1. The van der Waals surface area contributed by atoms with Crippen LogP contribution in [0, 0.1) is 5.82 Å². The van der Waals surface area contributed by atoms with E-state index in [9.17, 15) is 17.6 Å². The van der Waals surface area contributed by atoms with Gasteiger partial charge in [-0.05, 0) is 48.2 Å². The predicted octanol–water partition coefficient (Wildman–Crippen LogP) is 3.97. The Morgan fingerprint density at radius 1 is 1.13 bits per heavy atom. The molecule has 3 aromatic rings. The molecule has 0 unspecified atom stereocenters. The molecule has 0 fully saturated rings. The summed E-state index contributed by atoms with van der Waals surface area (Å²) in [6.07, 6.45) is 0. The second-order valence-corrected chi connectivity index (χ2v) is 9.49. The Hall–Kier alpha value is -2.91. The van der Waals surface area contributed by atoms with Crippen LogP contribution in [0.5, 0.6) is 5.75 Å². The lowest BCUT2D eigenvalue weighted by atomic mass is 10.1. The number of hydrogen-bond donors (Lipinski definition) is 1. The molecule has 0 aliphatic carbocycles. The third kappa shape index (κ3) is 4.80. The third-order valence-corrected chi connectivity index (χ3v) is 7.57. The zero-order valence-electron chi connectivity index (χ0n) is 16.4. The lowest BCUT2D eigenvalue weighted by molar-refractivity contribution is -0.120. The van der Waals surface area contributed by atoms with E-state index >= 15 is 0 Å². The molecule has 3 rings (SSSR count). The summed E-state index contributed by atoms with van der Waals surface area (Å²) in [5.74, 6) is -0.597. The molecule has 30 heavy (non-hydrogen) atoms. The lowest BCUT2D eigenvalue weighted by Gasteiger charge is -2.24. The fourth-order valence-electron chi connectivity index (χ4n) is 2.87. The second-order valence-electron chi connectivity index (χ2n) is 6.46. The number of halogens is 1. The number of para-hydroxylation sites is 1. The molecule has 0 saturated carbocycles. The van der Waals surface area contributed by atoms with Crippen LogP contribution in [0.2, 0.25) is 0 Å². The Bertz CT molecular complexity index is 1100. The molecule has 1 N–H and O–H groups in total. The molecule has 2 aromatic carbocycles. The Morgan fingerprint density at radius 2 is 1.83 bits per heavy atom. The van der Waals surface area contributed by atoms with Crippen molar-refractivity contribution in [3.05, 3.63) is 77.4 Å². The van der Waals surface area contributed by atoms with Crippen LogP contribution in [0.1, 0.15) is 18.5 Å². The van der Waals surface area contributed by atoms with Crippen LogP contribution in [0.4, 0.5) is 10.1 Å². The standard InChI is InChI=1S/C21H21FN2O4S2/c1-15(16-9-11-17(28-2)12-10-16)23-20(25)14-24(19-7-4-3-6-18(19)22)30(26,27)21-8-5-13-29-21/h3-13,15H,14H2,1-2H3,(H,23,25)/t15-/m1/s1. The predicted molar refractivity (Wildman–Crippen MR) is 115 cm³/mol. The van der Waals surface area contributed by atoms with E-state index in [4.69, 9.17) is 4.74 Å². The van der Waals surface area contributed by atoms with Gasteiger partial charge < -0.3 is 10.1 Å². The van der Waals surface area contributed by atoms with Gasteiger partial charge in [0.2, 0.25) is 5.91 Å². The zero-order valence-corrected chi connectivity index (χ0v) is 18.0. The quantitative estimate of drug-likeness (QED) is 0.566. The number of benzene rings is 2. The second kappa shape index (κ2) is 9.27. The van der Waals surface area contributed by atoms with Crippen molar-refractivity contribution in [1.82, 2.24) is 5.32 Å². The van der Waals surface area contributed by atoms with Crippen LogP contribution in [0.3, 0.4) is 0 Å². The third-order valence-electron chi connectivity index (χ3n) is 4.44. The first-order valence-corrected chi connectivity index (χ1v) is 11.4. The highest BCUT2D eigenvalue weighted by molar-refractivity contribution is 7.94. The van der Waals surface area contributed by atoms with E-state index in [1.54, 1.807) is 49.7 Å². The number of ether oxygens (including phenoxy) is 1. The largest absolute Gasteiger partial charge is 0.497 e. The van der Waals surface area contributed by atoms with Gasteiger partial charge >= 0.3 is 0 Å². The highest BCUT2D eigenvalue weighted by Gasteiger charge is 2.30. The summed E-state index contributed by atoms with van der Waals surface area (Å²) in [5.41, 5.74) is 0.640. The van der Waals surface area contributed by atoms with Crippen molar-refractivity contribution in [2.24, 2.45) is 0 Å². The van der Waals surface area contributed by atoms with E-state index in [2.05, 4.69) is 5.32 Å². The molecule has 1 amide bonds. The minimum atomic E-state index is -4.10. The van der Waals surface area contributed by atoms with Gasteiger partial charge in [0.05, 0.1) is 18.8 Å². The first-order chi connectivity index (χ1) is 14.3. The smallest absolute Gasteiger partial charge is 0.274 e. The van der Waals surface area contributed by atoms with Crippen LogP contribution in [0.25, 0.3) is 0 Å². The van der Waals surface area contributed by atoms with Crippen molar-refractivity contribution in [3.8, 4) is 5.75 Å². The fourth-order valence-corrected chi connectivity index (χ4v) is 5.40. The van der Waals surface area contributed by atoms with Crippen molar-refractivity contribution >= 4 is 33.0 Å². The lowest BCUT2D eigenvalue weighted by Crippen LogP contribution is -2.41. The van der Waals surface area contributed by atoms with E-state index < -0.39 is 28.3 Å². The van der Waals surface area contributed by atoms with Gasteiger partial charge in [0.25, 0.3) is 10.0 Å². The van der Waals surface area contributed by atoms with Gasteiger partial charge in [-0.2, -0.15) is 0 Å². The average Bonchev–Trinajstić information content (AvgIpc) is 3.28. The Morgan fingerprint density at radius 3 is 2.43 bits per heavy atom. The van der Waals surface area contributed by atoms with E-state index in [0.717, 1.165) is 27.3 Å². The Labute approximate surface area is 179 Å². The van der Waals surface area contributed by atoms with Crippen molar-refractivity contribution < 1.29 is 22.3 Å². The van der Waals surface area contributed by atoms with Gasteiger partial charge in [-0.25, -0.2) is 12.8 Å². The molecule has 0 aliphatic rings. The number of carbonyl (C=O) groups excluding carboxylic acids is 1. The molecule has 0 saturated heterocycles. The SMILES string of the molecule is COc1ccc([C@@H](C)NC(=O)CN(c2ccccc2F)S(=O)(=O)c2cccs2)cc1. The van der Waals surface area contributed by atoms with Gasteiger partial charge in [-0.3, -0.25) is 9.10 Å². The normalized spacial score (nSPS) is 12.2. The van der Waals surface area contributed by atoms with Gasteiger partial charge in [-0.1, -0.05) is 30.3 Å². The highest BCUT2D eigenvalue weighted by Crippen LogP contribution is 2.28. The van der Waals surface area contributed by atoms with Crippen LogP contribution in [-0.4, -0.2) is 28.0 Å². The van der Waals surface area contributed by atoms with E-state index in [-0.39, 0.29) is 15.9 Å². The number of sulfonamides is 1. The molecule has 1 atom stereocenters. The van der Waals surface area contributed by atoms with Gasteiger partial charge in [0.15, 0.2) is 0 Å². The average molecular weight is 449 g/mol. The summed E-state index contributed by atoms with van der Waals surface area (Å²) in [5, 5.41) is 4.38. The number of amides is 1. The van der Waals surface area contributed by atoms with Crippen molar-refractivity contribution in [2.45, 2.75) is 17.2 Å². The maximum absolute atomic E-state index is 14.4. The minimum absolute atomic E-state index is 0.0294. The molecule has 1 aromatic heterocycles. The summed E-state index contributed by atoms with van der Waals surface area (Å²) in [6, 6.07) is 15.3. The zero-order chi connectivity index (χ0) is 21.7. The minimum Gasteiger partial charge on any atom is -0.497 e. The van der Waals surface area contributed by atoms with E-state index in [0.29, 0.717) is 5.75 Å². The van der Waals surface area contributed by atoms with Crippen molar-refractivity contribution in [3.63, 3.8) is 0 Å². The number of thiophene rings is 1. The molecule has 0 bridgehead atoms. The van der Waals surface area contributed by atoms with Crippen LogP contribution < -0.4 is 14.4 Å². The number of rotatable bonds is 8. The van der Waals surface area contributed by atoms with Crippen molar-refractivity contribution in [2.75, 3.05) is 18.0 Å². The molecule has 1 heterocycles. The number of methoxy groups -OCH3 is 1. The number of nitrogens with one attached hydrogen (secondary N) is 1. The van der Waals surface area contributed by atoms with Crippen LogP contribution in [-0.2, 0) is 14.8 Å². The molecular formula is C21H21FN2O4S2. The summed E-state index contributed by atoms with van der Waals surface area (Å²) >= 11 is 1.00. The van der Waals surface area contributed by atoms with Gasteiger partial charge in [0, 0.05) is 0 Å². The van der Waals surface area contributed by atoms with Gasteiger partial charge in [-0.15, -0.1) is 11.3 Å². The molecule has 9 heteroatoms. The molecule has 158 valence electrons. The molecule has 0 aliphatic heterocycles. The molecular weight excluding hydrogens is 427 g/mol. The summed E-state index contributed by atoms with van der Waals surface area (Å²) in [6.45, 7) is 1.22. The summed E-state index contributed by atoms with van der Waals surface area (Å²) in [4.78, 5) is 12.7. The monoisotopic (exact) mass is 448 g/mol. The van der Waals surface area contributed by atoms with Crippen molar-refractivity contribution in [1.29, 1.82) is 0 Å².